The number of anilines is 1. The van der Waals surface area contributed by atoms with E-state index in [0.717, 1.165) is 30.3 Å². The Morgan fingerprint density at radius 1 is 1.11 bits per heavy atom. The first-order chi connectivity index (χ1) is 13.0. The highest BCUT2D eigenvalue weighted by Crippen LogP contribution is 2.33. The van der Waals surface area contributed by atoms with E-state index in [1.807, 2.05) is 61.0 Å². The summed E-state index contributed by atoms with van der Waals surface area (Å²) in [7, 11) is 0. The number of pyridine rings is 1. The van der Waals surface area contributed by atoms with E-state index in [0.29, 0.717) is 10.6 Å². The molecule has 0 N–H and O–H groups in total. The summed E-state index contributed by atoms with van der Waals surface area (Å²) in [6.45, 7) is 9.75. The summed E-state index contributed by atoms with van der Waals surface area (Å²) >= 11 is 6.23. The third-order valence-corrected chi connectivity index (χ3v) is 4.83. The van der Waals surface area contributed by atoms with E-state index in [-0.39, 0.29) is 11.6 Å². The highest BCUT2D eigenvalue weighted by Gasteiger charge is 2.27. The molecule has 0 aliphatic heterocycles. The average molecular weight is 385 g/mol. The lowest BCUT2D eigenvalue weighted by molar-refractivity contribution is 0.465. The molecular weight excluding hydrogens is 360 g/mol. The first kappa shape index (κ1) is 19.2. The largest absolute Gasteiger partial charge is 0.356 e. The van der Waals surface area contributed by atoms with E-state index < -0.39 is 0 Å². The van der Waals surface area contributed by atoms with Gasteiger partial charge in [-0.2, -0.15) is 0 Å². The third kappa shape index (κ3) is 3.52. The summed E-state index contributed by atoms with van der Waals surface area (Å²) in [5.41, 5.74) is 1.43. The summed E-state index contributed by atoms with van der Waals surface area (Å²) < 4.78 is 3.71. The maximum Gasteiger partial charge on any atom is 0.277 e. The summed E-state index contributed by atoms with van der Waals surface area (Å²) in [6.07, 6.45) is 1.75. The van der Waals surface area contributed by atoms with Crippen molar-refractivity contribution in [1.29, 1.82) is 0 Å². The van der Waals surface area contributed by atoms with Crippen LogP contribution in [0.1, 0.15) is 33.7 Å². The minimum atomic E-state index is -0.0418. The van der Waals surface area contributed by atoms with Crippen molar-refractivity contribution in [2.24, 2.45) is 0 Å². The molecule has 142 valence electrons. The Bertz CT molecular complexity index is 972. The Labute approximate surface area is 164 Å². The summed E-state index contributed by atoms with van der Waals surface area (Å²) in [6, 6.07) is 13.2. The normalized spacial score (nSPS) is 11.2. The van der Waals surface area contributed by atoms with Gasteiger partial charge in [-0.1, -0.05) is 29.8 Å². The molecule has 0 atom stereocenters. The van der Waals surface area contributed by atoms with Gasteiger partial charge >= 0.3 is 0 Å². The molecule has 1 aromatic carbocycles. The smallest absolute Gasteiger partial charge is 0.277 e. The fourth-order valence-electron chi connectivity index (χ4n) is 3.38. The molecule has 0 spiro atoms. The molecule has 0 saturated carbocycles. The Hall–Kier alpha value is -2.53. The van der Waals surface area contributed by atoms with Crippen molar-refractivity contribution in [1.82, 2.24) is 14.3 Å². The monoisotopic (exact) mass is 384 g/mol. The number of hydrogen-bond donors (Lipinski definition) is 0. The number of rotatable bonds is 6. The third-order valence-electron chi connectivity index (χ3n) is 4.59. The van der Waals surface area contributed by atoms with Crippen LogP contribution in [-0.2, 0) is 0 Å². The van der Waals surface area contributed by atoms with Crippen molar-refractivity contribution in [3.05, 3.63) is 64.0 Å². The highest BCUT2D eigenvalue weighted by molar-refractivity contribution is 6.30. The molecule has 0 aliphatic rings. The van der Waals surface area contributed by atoms with E-state index in [1.165, 1.54) is 0 Å². The Morgan fingerprint density at radius 3 is 2.41 bits per heavy atom. The van der Waals surface area contributed by atoms with E-state index in [1.54, 1.807) is 10.9 Å². The van der Waals surface area contributed by atoms with Gasteiger partial charge in [0.25, 0.3) is 5.56 Å². The maximum atomic E-state index is 13.5. The second kappa shape index (κ2) is 8.01. The van der Waals surface area contributed by atoms with Crippen molar-refractivity contribution in [2.45, 2.75) is 33.7 Å². The molecule has 3 rings (SSSR count). The Balaban J connectivity index is 2.45. The van der Waals surface area contributed by atoms with E-state index in [9.17, 15) is 4.79 Å². The van der Waals surface area contributed by atoms with Gasteiger partial charge in [0.15, 0.2) is 5.82 Å². The predicted octanol–water partition coefficient (Wildman–Crippen LogP) is 4.78. The molecule has 2 aromatic heterocycles. The molecule has 0 fully saturated rings. The second-order valence-corrected chi connectivity index (χ2v) is 7.06. The van der Waals surface area contributed by atoms with Gasteiger partial charge in [0, 0.05) is 30.4 Å². The predicted molar refractivity (Wildman–Crippen MR) is 112 cm³/mol. The first-order valence-corrected chi connectivity index (χ1v) is 9.67. The minimum absolute atomic E-state index is 0.0262. The van der Waals surface area contributed by atoms with Crippen LogP contribution in [0.2, 0.25) is 5.02 Å². The van der Waals surface area contributed by atoms with E-state index >= 15 is 0 Å². The van der Waals surface area contributed by atoms with E-state index in [4.69, 9.17) is 11.6 Å². The molecule has 0 saturated heterocycles. The minimum Gasteiger partial charge on any atom is -0.356 e. The zero-order valence-corrected chi connectivity index (χ0v) is 16.9. The number of hydrogen-bond acceptors (Lipinski definition) is 3. The quantitative estimate of drug-likeness (QED) is 0.614. The van der Waals surface area contributed by atoms with Gasteiger partial charge in [-0.05, 0) is 57.5 Å². The second-order valence-electron chi connectivity index (χ2n) is 6.62. The number of nitrogens with zero attached hydrogens (tertiary/aromatic N) is 4. The van der Waals surface area contributed by atoms with Crippen LogP contribution in [0.5, 0.6) is 0 Å². The van der Waals surface area contributed by atoms with Crippen molar-refractivity contribution >= 4 is 17.4 Å². The van der Waals surface area contributed by atoms with Crippen LogP contribution >= 0.6 is 11.6 Å². The molecule has 5 nitrogen and oxygen atoms in total. The number of aromatic nitrogens is 3. The first-order valence-electron chi connectivity index (χ1n) is 9.29. The standard InChI is InChI=1S/C21H25ClN4O/c1-5-24(6-2)20-19(16-10-9-11-17(22)14-16)21(27)25(15(3)4)26(20)18-12-7-8-13-23-18/h7-15H,5-6H2,1-4H3. The zero-order chi connectivity index (χ0) is 19.6. The van der Waals surface area contributed by atoms with Crippen molar-refractivity contribution < 1.29 is 0 Å². The molecule has 0 unspecified atom stereocenters. The maximum absolute atomic E-state index is 13.5. The molecule has 2 heterocycles. The molecule has 0 bridgehead atoms. The van der Waals surface area contributed by atoms with Crippen molar-refractivity contribution in [3.8, 4) is 16.9 Å². The fourth-order valence-corrected chi connectivity index (χ4v) is 3.57. The van der Waals surface area contributed by atoms with Crippen LogP contribution < -0.4 is 10.5 Å². The van der Waals surface area contributed by atoms with Crippen molar-refractivity contribution in [2.75, 3.05) is 18.0 Å². The van der Waals surface area contributed by atoms with Crippen LogP contribution in [0.15, 0.2) is 53.5 Å². The fraction of sp³-hybridized carbons (Fsp3) is 0.333. The topological polar surface area (TPSA) is 43.1 Å². The summed E-state index contributed by atoms with van der Waals surface area (Å²) in [5, 5.41) is 0.610. The van der Waals surface area contributed by atoms with Crippen LogP contribution in [-0.4, -0.2) is 27.4 Å². The van der Waals surface area contributed by atoms with E-state index in [2.05, 4.69) is 23.7 Å². The Morgan fingerprint density at radius 2 is 1.85 bits per heavy atom. The molecule has 0 amide bonds. The molecule has 0 radical (unpaired) electrons. The average Bonchev–Trinajstić information content (AvgIpc) is 2.97. The molecule has 6 heteroatoms. The molecule has 27 heavy (non-hydrogen) atoms. The van der Waals surface area contributed by atoms with Gasteiger partial charge in [-0.25, -0.2) is 14.3 Å². The van der Waals surface area contributed by atoms with Crippen molar-refractivity contribution in [3.63, 3.8) is 0 Å². The van der Waals surface area contributed by atoms with Gasteiger partial charge in [0.2, 0.25) is 0 Å². The van der Waals surface area contributed by atoms with Crippen LogP contribution in [0.4, 0.5) is 5.82 Å². The lowest BCUT2D eigenvalue weighted by Crippen LogP contribution is -2.28. The van der Waals surface area contributed by atoms with Gasteiger partial charge in [0.1, 0.15) is 5.82 Å². The highest BCUT2D eigenvalue weighted by atomic mass is 35.5. The van der Waals surface area contributed by atoms with Crippen LogP contribution in [0.25, 0.3) is 16.9 Å². The molecular formula is C21H25ClN4O. The van der Waals surface area contributed by atoms with Gasteiger partial charge in [-0.3, -0.25) is 4.79 Å². The zero-order valence-electron chi connectivity index (χ0n) is 16.2. The number of halogens is 1. The van der Waals surface area contributed by atoms with Crippen LogP contribution in [0.3, 0.4) is 0 Å². The molecule has 0 aliphatic carbocycles. The van der Waals surface area contributed by atoms with Gasteiger partial charge in [0.05, 0.1) is 5.56 Å². The van der Waals surface area contributed by atoms with Gasteiger partial charge in [-0.15, -0.1) is 0 Å². The lowest BCUT2D eigenvalue weighted by Gasteiger charge is -2.25. The summed E-state index contributed by atoms with van der Waals surface area (Å²) in [4.78, 5) is 20.2. The van der Waals surface area contributed by atoms with Crippen LogP contribution in [0, 0.1) is 0 Å². The SMILES string of the molecule is CCN(CC)c1c(-c2cccc(Cl)c2)c(=O)n(C(C)C)n1-c1ccccn1. The summed E-state index contributed by atoms with van der Waals surface area (Å²) in [5.74, 6) is 1.57. The van der Waals surface area contributed by atoms with Gasteiger partial charge < -0.3 is 4.90 Å². The molecule has 3 aromatic rings. The number of benzene rings is 1. The Kier molecular flexibility index (Phi) is 5.71. The lowest BCUT2D eigenvalue weighted by atomic mass is 10.1.